The summed E-state index contributed by atoms with van der Waals surface area (Å²) in [6.45, 7) is 1.90. The number of nitrogens with two attached hydrogens (primary N) is 1. The molecule has 35 heavy (non-hydrogen) atoms. The zero-order valence-corrected chi connectivity index (χ0v) is 21.7. The van der Waals surface area contributed by atoms with Crippen LogP contribution in [0.15, 0.2) is 18.2 Å². The number of benzene rings is 1. The summed E-state index contributed by atoms with van der Waals surface area (Å²) >= 11 is 6.06. The standard InChI is InChI=1S/C26H41ClFN3O4/c1-34-12-4-3-10-26(33,22-8-5-9-23(27)24(22)28)19-7-6-11-31(17-19)25(32)30-16-20(29)13-18-14-21(15-18)35-2/h5,8-9,18-21,33H,3-4,6-7,10-17,29H2,1-2H3,(H,30,32). The second kappa shape index (κ2) is 13.2. The molecule has 3 rings (SSSR count). The van der Waals surface area contributed by atoms with Gasteiger partial charge in [0.15, 0.2) is 0 Å². The Hall–Kier alpha value is -1.45. The predicted molar refractivity (Wildman–Crippen MR) is 135 cm³/mol. The average Bonchev–Trinajstić information content (AvgIpc) is 2.84. The van der Waals surface area contributed by atoms with Crippen LogP contribution >= 0.6 is 11.6 Å². The van der Waals surface area contributed by atoms with Gasteiger partial charge in [-0.1, -0.05) is 23.7 Å². The summed E-state index contributed by atoms with van der Waals surface area (Å²) in [5.41, 5.74) is 5.02. The van der Waals surface area contributed by atoms with Crippen molar-refractivity contribution in [2.24, 2.45) is 17.6 Å². The molecule has 0 aromatic heterocycles. The zero-order valence-electron chi connectivity index (χ0n) is 21.0. The molecular formula is C26H41ClFN3O4. The molecule has 0 radical (unpaired) electrons. The highest BCUT2D eigenvalue weighted by molar-refractivity contribution is 6.30. The van der Waals surface area contributed by atoms with E-state index in [1.54, 1.807) is 31.3 Å². The molecule has 0 spiro atoms. The molecule has 1 aliphatic heterocycles. The summed E-state index contributed by atoms with van der Waals surface area (Å²) in [6, 6.07) is 4.44. The van der Waals surface area contributed by atoms with Gasteiger partial charge in [0.2, 0.25) is 0 Å². The quantitative estimate of drug-likeness (QED) is 0.366. The molecule has 2 amide bonds. The lowest BCUT2D eigenvalue weighted by Gasteiger charge is -2.43. The van der Waals surface area contributed by atoms with Crippen LogP contribution < -0.4 is 11.1 Å². The van der Waals surface area contributed by atoms with Crippen molar-refractivity contribution >= 4 is 17.6 Å². The molecule has 9 heteroatoms. The van der Waals surface area contributed by atoms with E-state index in [0.717, 1.165) is 32.1 Å². The van der Waals surface area contributed by atoms with Gasteiger partial charge in [0.1, 0.15) is 5.82 Å². The topological polar surface area (TPSA) is 97.1 Å². The minimum atomic E-state index is -1.43. The van der Waals surface area contributed by atoms with Gasteiger partial charge < -0.3 is 30.5 Å². The molecule has 1 heterocycles. The highest BCUT2D eigenvalue weighted by atomic mass is 35.5. The highest BCUT2D eigenvalue weighted by Crippen LogP contribution is 2.42. The Morgan fingerprint density at radius 1 is 1.37 bits per heavy atom. The number of methoxy groups -OCH3 is 2. The third kappa shape index (κ3) is 7.29. The van der Waals surface area contributed by atoms with Crippen molar-refractivity contribution in [1.82, 2.24) is 10.2 Å². The predicted octanol–water partition coefficient (Wildman–Crippen LogP) is 4.05. The lowest BCUT2D eigenvalue weighted by Crippen LogP contribution is -2.52. The van der Waals surface area contributed by atoms with E-state index in [9.17, 15) is 9.90 Å². The van der Waals surface area contributed by atoms with Crippen molar-refractivity contribution in [3.8, 4) is 0 Å². The average molecular weight is 514 g/mol. The first kappa shape index (κ1) is 28.1. The fourth-order valence-corrected chi connectivity index (χ4v) is 5.66. The van der Waals surface area contributed by atoms with Gasteiger partial charge in [0.25, 0.3) is 0 Å². The van der Waals surface area contributed by atoms with Gasteiger partial charge in [-0.3, -0.25) is 0 Å². The molecule has 3 atom stereocenters. The van der Waals surface area contributed by atoms with Gasteiger partial charge in [-0.05, 0) is 63.4 Å². The summed E-state index contributed by atoms with van der Waals surface area (Å²) in [7, 11) is 3.36. The maximum Gasteiger partial charge on any atom is 0.317 e. The number of carbonyl (C=O) groups is 1. The molecule has 2 fully saturated rings. The Balaban J connectivity index is 1.61. The Bertz CT molecular complexity index is 826. The van der Waals surface area contributed by atoms with Crippen molar-refractivity contribution in [3.63, 3.8) is 0 Å². The lowest BCUT2D eigenvalue weighted by atomic mass is 9.74. The van der Waals surface area contributed by atoms with E-state index in [0.29, 0.717) is 57.5 Å². The molecular weight excluding hydrogens is 473 g/mol. The van der Waals surface area contributed by atoms with Gasteiger partial charge in [-0.2, -0.15) is 0 Å². The van der Waals surface area contributed by atoms with Crippen LogP contribution in [0.4, 0.5) is 9.18 Å². The maximum atomic E-state index is 15.0. The van der Waals surface area contributed by atoms with E-state index in [1.165, 1.54) is 6.07 Å². The van der Waals surface area contributed by atoms with E-state index in [4.69, 9.17) is 26.8 Å². The van der Waals surface area contributed by atoms with E-state index in [-0.39, 0.29) is 28.6 Å². The van der Waals surface area contributed by atoms with Gasteiger partial charge in [0.05, 0.1) is 16.7 Å². The number of hydrogen-bond donors (Lipinski definition) is 3. The van der Waals surface area contributed by atoms with Gasteiger partial charge >= 0.3 is 6.03 Å². The van der Waals surface area contributed by atoms with Crippen LogP contribution in [0.3, 0.4) is 0 Å². The smallest absolute Gasteiger partial charge is 0.317 e. The van der Waals surface area contributed by atoms with Crippen LogP contribution in [-0.4, -0.2) is 68.6 Å². The van der Waals surface area contributed by atoms with E-state index in [2.05, 4.69) is 5.32 Å². The van der Waals surface area contributed by atoms with Crippen molar-refractivity contribution in [2.75, 3.05) is 40.5 Å². The first-order valence-corrected chi connectivity index (χ1v) is 13.1. The maximum absolute atomic E-state index is 15.0. The van der Waals surface area contributed by atoms with Gasteiger partial charge in [-0.25, -0.2) is 9.18 Å². The number of piperidine rings is 1. The number of nitrogens with zero attached hydrogens (tertiary/aromatic N) is 1. The molecule has 1 saturated carbocycles. The fraction of sp³-hybridized carbons (Fsp3) is 0.731. The monoisotopic (exact) mass is 513 g/mol. The number of carbonyl (C=O) groups excluding carboxylic acids is 1. The molecule has 0 bridgehead atoms. The van der Waals surface area contributed by atoms with Crippen LogP contribution in [0.1, 0.15) is 56.9 Å². The van der Waals surface area contributed by atoms with Crippen molar-refractivity contribution in [3.05, 3.63) is 34.6 Å². The minimum Gasteiger partial charge on any atom is -0.385 e. The number of nitrogens with one attached hydrogen (secondary N) is 1. The largest absolute Gasteiger partial charge is 0.385 e. The number of halogens is 2. The Kier molecular flexibility index (Phi) is 10.6. The number of ether oxygens (including phenoxy) is 2. The van der Waals surface area contributed by atoms with E-state index in [1.807, 2.05) is 0 Å². The molecule has 7 nitrogen and oxygen atoms in total. The number of rotatable bonds is 12. The Morgan fingerprint density at radius 2 is 2.14 bits per heavy atom. The van der Waals surface area contributed by atoms with Crippen LogP contribution in [0.5, 0.6) is 0 Å². The summed E-state index contributed by atoms with van der Waals surface area (Å²) in [6.07, 6.45) is 6.45. The van der Waals surface area contributed by atoms with Crippen LogP contribution in [-0.2, 0) is 15.1 Å². The number of urea groups is 1. The molecule has 1 aromatic rings. The normalized spacial score (nSPS) is 25.0. The van der Waals surface area contributed by atoms with E-state index >= 15 is 4.39 Å². The SMILES string of the molecule is COCCCCC(O)(c1cccc(Cl)c1F)C1CCCN(C(=O)NCC(N)CC2CC(OC)C2)C1. The van der Waals surface area contributed by atoms with E-state index < -0.39 is 11.4 Å². The molecule has 1 saturated heterocycles. The first-order chi connectivity index (χ1) is 16.8. The Morgan fingerprint density at radius 3 is 2.86 bits per heavy atom. The van der Waals surface area contributed by atoms with Crippen molar-refractivity contribution < 1.29 is 23.8 Å². The summed E-state index contributed by atoms with van der Waals surface area (Å²) in [4.78, 5) is 14.7. The molecule has 198 valence electrons. The van der Waals surface area contributed by atoms with Crippen LogP contribution in [0, 0.1) is 17.7 Å². The molecule has 4 N–H and O–H groups in total. The second-order valence-corrected chi connectivity index (χ2v) is 10.5. The highest BCUT2D eigenvalue weighted by Gasteiger charge is 2.43. The van der Waals surface area contributed by atoms with Crippen LogP contribution in [0.2, 0.25) is 5.02 Å². The zero-order chi connectivity index (χ0) is 25.4. The molecule has 3 unspecified atom stereocenters. The fourth-order valence-electron chi connectivity index (χ4n) is 5.49. The second-order valence-electron chi connectivity index (χ2n) is 10.1. The van der Waals surface area contributed by atoms with Gasteiger partial charge in [0, 0.05) is 58.0 Å². The van der Waals surface area contributed by atoms with Gasteiger partial charge in [-0.15, -0.1) is 0 Å². The summed E-state index contributed by atoms with van der Waals surface area (Å²) in [5.74, 6) is -0.360. The molecule has 1 aromatic carbocycles. The number of unbranched alkanes of at least 4 members (excludes halogenated alkanes) is 1. The number of likely N-dealkylation sites (tertiary alicyclic amines) is 1. The Labute approximate surface area is 213 Å². The molecule has 1 aliphatic carbocycles. The molecule has 2 aliphatic rings. The summed E-state index contributed by atoms with van der Waals surface area (Å²) in [5, 5.41) is 14.8. The van der Waals surface area contributed by atoms with Crippen molar-refractivity contribution in [2.45, 2.75) is 69.1 Å². The lowest BCUT2D eigenvalue weighted by molar-refractivity contribution is -0.0587. The third-order valence-corrected chi connectivity index (χ3v) is 7.93. The summed E-state index contributed by atoms with van der Waals surface area (Å²) < 4.78 is 25.5. The number of hydrogen-bond acceptors (Lipinski definition) is 5. The number of amides is 2. The third-order valence-electron chi connectivity index (χ3n) is 7.64. The first-order valence-electron chi connectivity index (χ1n) is 12.7. The minimum absolute atomic E-state index is 0.0134. The van der Waals surface area contributed by atoms with Crippen LogP contribution in [0.25, 0.3) is 0 Å². The number of aliphatic hydroxyl groups is 1. The van der Waals surface area contributed by atoms with Crippen molar-refractivity contribution in [1.29, 1.82) is 0 Å².